The van der Waals surface area contributed by atoms with Crippen LogP contribution in [0.15, 0.2) is 54.6 Å². The van der Waals surface area contributed by atoms with Gasteiger partial charge >= 0.3 is 0 Å². The number of pyridine rings is 1. The molecule has 0 radical (unpaired) electrons. The van der Waals surface area contributed by atoms with E-state index >= 15 is 0 Å². The third-order valence-electron chi connectivity index (χ3n) is 4.17. The van der Waals surface area contributed by atoms with E-state index in [2.05, 4.69) is 10.3 Å². The Bertz CT molecular complexity index is 1140. The fourth-order valence-corrected chi connectivity index (χ4v) is 3.80. The molecule has 2 heterocycles. The molecule has 1 N–H and O–H groups in total. The van der Waals surface area contributed by atoms with Crippen LogP contribution in [0.4, 0.5) is 5.69 Å². The molecule has 0 saturated carbocycles. The monoisotopic (exact) mass is 378 g/mol. The van der Waals surface area contributed by atoms with Crippen molar-refractivity contribution in [3.8, 4) is 11.5 Å². The number of amides is 1. The maximum absolute atomic E-state index is 12.7. The summed E-state index contributed by atoms with van der Waals surface area (Å²) < 4.78 is 10.8. The Balaban J connectivity index is 1.67. The smallest absolute Gasteiger partial charge is 0.265 e. The summed E-state index contributed by atoms with van der Waals surface area (Å²) in [5, 5.41) is 4.85. The molecule has 27 heavy (non-hydrogen) atoms. The summed E-state index contributed by atoms with van der Waals surface area (Å²) in [4.78, 5) is 18.8. The second kappa shape index (κ2) is 7.25. The van der Waals surface area contributed by atoms with Crippen LogP contribution in [-0.2, 0) is 0 Å². The van der Waals surface area contributed by atoms with E-state index in [1.165, 1.54) is 11.3 Å². The molecule has 0 bridgehead atoms. The number of ether oxygens (including phenoxy) is 2. The molecule has 0 fully saturated rings. The van der Waals surface area contributed by atoms with Gasteiger partial charge in [-0.15, -0.1) is 11.3 Å². The molecule has 136 valence electrons. The predicted molar refractivity (Wildman–Crippen MR) is 109 cm³/mol. The van der Waals surface area contributed by atoms with Crippen LogP contribution in [0.1, 0.15) is 16.6 Å². The van der Waals surface area contributed by atoms with Crippen molar-refractivity contribution in [3.63, 3.8) is 0 Å². The Labute approximate surface area is 160 Å². The summed E-state index contributed by atoms with van der Waals surface area (Å²) in [5.74, 6) is 1.27. The zero-order chi connectivity index (χ0) is 18.8. The van der Waals surface area contributed by atoms with Gasteiger partial charge in [-0.3, -0.25) is 4.79 Å². The summed E-state index contributed by atoms with van der Waals surface area (Å²) >= 11 is 1.37. The number of rotatable bonds is 5. The maximum Gasteiger partial charge on any atom is 0.265 e. The number of fused-ring (bicyclic) bond motifs is 2. The highest BCUT2D eigenvalue weighted by atomic mass is 32.1. The number of nitrogens with zero attached hydrogens (tertiary/aromatic N) is 1. The number of hydrogen-bond donors (Lipinski definition) is 1. The second-order valence-corrected chi connectivity index (χ2v) is 6.97. The van der Waals surface area contributed by atoms with Gasteiger partial charge in [-0.1, -0.05) is 12.1 Å². The van der Waals surface area contributed by atoms with Gasteiger partial charge in [0.15, 0.2) is 0 Å². The summed E-state index contributed by atoms with van der Waals surface area (Å²) in [6.45, 7) is 2.45. The fraction of sp³-hybridized carbons (Fsp3) is 0.143. The predicted octanol–water partition coefficient (Wildman–Crippen LogP) is 5.11. The fourth-order valence-electron chi connectivity index (χ4n) is 2.89. The maximum atomic E-state index is 12.7. The Hall–Kier alpha value is -3.12. The van der Waals surface area contributed by atoms with E-state index in [4.69, 9.17) is 9.47 Å². The average molecular weight is 378 g/mol. The lowest BCUT2D eigenvalue weighted by molar-refractivity contribution is 0.103. The Morgan fingerprint density at radius 2 is 1.96 bits per heavy atom. The topological polar surface area (TPSA) is 60.5 Å². The highest BCUT2D eigenvalue weighted by Gasteiger charge is 2.14. The van der Waals surface area contributed by atoms with Crippen molar-refractivity contribution in [2.45, 2.75) is 6.92 Å². The third kappa shape index (κ3) is 3.44. The van der Waals surface area contributed by atoms with Crippen LogP contribution < -0.4 is 14.8 Å². The summed E-state index contributed by atoms with van der Waals surface area (Å²) in [6, 6.07) is 17.1. The van der Waals surface area contributed by atoms with Crippen LogP contribution in [0.5, 0.6) is 11.5 Å². The molecule has 2 aromatic carbocycles. The van der Waals surface area contributed by atoms with Crippen molar-refractivity contribution in [2.75, 3.05) is 19.0 Å². The third-order valence-corrected chi connectivity index (χ3v) is 5.21. The molecule has 0 saturated heterocycles. The second-order valence-electron chi connectivity index (χ2n) is 5.94. The standard InChI is InChI=1S/C21H18N2O3S/c1-3-26-18-7-5-4-6-17(18)22-20(24)19-12-14-10-13-11-15(25-2)8-9-16(13)23-21(14)27-19/h4-12H,3H2,1-2H3,(H,22,24). The van der Waals surface area contributed by atoms with Gasteiger partial charge in [0, 0.05) is 10.8 Å². The van der Waals surface area contributed by atoms with E-state index in [0.29, 0.717) is 22.9 Å². The number of nitrogens with one attached hydrogen (secondary N) is 1. The molecule has 0 aliphatic heterocycles. The number of benzene rings is 2. The first-order valence-electron chi connectivity index (χ1n) is 8.59. The van der Waals surface area contributed by atoms with Gasteiger partial charge in [-0.25, -0.2) is 4.98 Å². The van der Waals surface area contributed by atoms with Crippen molar-refractivity contribution >= 4 is 44.1 Å². The van der Waals surface area contributed by atoms with Crippen molar-refractivity contribution < 1.29 is 14.3 Å². The van der Waals surface area contributed by atoms with E-state index in [1.807, 2.05) is 61.5 Å². The lowest BCUT2D eigenvalue weighted by Gasteiger charge is -2.10. The molecular weight excluding hydrogens is 360 g/mol. The molecule has 6 heteroatoms. The molecule has 0 atom stereocenters. The SMILES string of the molecule is CCOc1ccccc1NC(=O)c1cc2cc3cc(OC)ccc3nc2s1. The molecule has 4 aromatic rings. The zero-order valence-electron chi connectivity index (χ0n) is 15.0. The van der Waals surface area contributed by atoms with Gasteiger partial charge in [-0.2, -0.15) is 0 Å². The van der Waals surface area contributed by atoms with Gasteiger partial charge in [0.05, 0.1) is 29.8 Å². The number of aromatic nitrogens is 1. The Morgan fingerprint density at radius 1 is 1.11 bits per heavy atom. The van der Waals surface area contributed by atoms with Crippen LogP contribution in [0, 0.1) is 0 Å². The minimum Gasteiger partial charge on any atom is -0.497 e. The van der Waals surface area contributed by atoms with Crippen molar-refractivity contribution in [2.24, 2.45) is 0 Å². The first-order chi connectivity index (χ1) is 13.2. The molecule has 0 spiro atoms. The van der Waals surface area contributed by atoms with Crippen LogP contribution >= 0.6 is 11.3 Å². The largest absolute Gasteiger partial charge is 0.497 e. The van der Waals surface area contributed by atoms with Crippen LogP contribution in [0.2, 0.25) is 0 Å². The minimum absolute atomic E-state index is 0.174. The highest BCUT2D eigenvalue weighted by Crippen LogP contribution is 2.30. The van der Waals surface area contributed by atoms with E-state index in [1.54, 1.807) is 7.11 Å². The van der Waals surface area contributed by atoms with Crippen molar-refractivity contribution in [1.29, 1.82) is 0 Å². The number of para-hydroxylation sites is 2. The molecule has 5 nitrogen and oxygen atoms in total. The number of methoxy groups -OCH3 is 1. The summed E-state index contributed by atoms with van der Waals surface area (Å²) in [7, 11) is 1.64. The quantitative estimate of drug-likeness (QED) is 0.524. The van der Waals surface area contributed by atoms with Gasteiger partial charge in [0.1, 0.15) is 16.3 Å². The van der Waals surface area contributed by atoms with E-state index < -0.39 is 0 Å². The summed E-state index contributed by atoms with van der Waals surface area (Å²) in [5.41, 5.74) is 1.53. The first-order valence-corrected chi connectivity index (χ1v) is 9.41. The zero-order valence-corrected chi connectivity index (χ0v) is 15.8. The number of anilines is 1. The van der Waals surface area contributed by atoms with Crippen LogP contribution in [-0.4, -0.2) is 24.6 Å². The molecule has 0 unspecified atom stereocenters. The number of thiophene rings is 1. The molecule has 2 aromatic heterocycles. The lowest BCUT2D eigenvalue weighted by atomic mass is 10.2. The minimum atomic E-state index is -0.174. The molecule has 1 amide bonds. The number of carbonyl (C=O) groups excluding carboxylic acids is 1. The summed E-state index contributed by atoms with van der Waals surface area (Å²) in [6.07, 6.45) is 0. The van der Waals surface area contributed by atoms with Crippen molar-refractivity contribution in [1.82, 2.24) is 4.98 Å². The van der Waals surface area contributed by atoms with E-state index in [9.17, 15) is 4.79 Å². The molecule has 0 aliphatic carbocycles. The molecule has 4 rings (SSSR count). The normalized spacial score (nSPS) is 10.9. The first kappa shape index (κ1) is 17.3. The Kier molecular flexibility index (Phi) is 4.64. The number of carbonyl (C=O) groups is 1. The van der Waals surface area contributed by atoms with Crippen LogP contribution in [0.3, 0.4) is 0 Å². The average Bonchev–Trinajstić information content (AvgIpc) is 3.10. The van der Waals surface area contributed by atoms with Crippen molar-refractivity contribution in [3.05, 3.63) is 59.5 Å². The molecule has 0 aliphatic rings. The number of hydrogen-bond acceptors (Lipinski definition) is 5. The van der Waals surface area contributed by atoms with Gasteiger partial charge in [0.25, 0.3) is 5.91 Å². The molecular formula is C21H18N2O3S. The van der Waals surface area contributed by atoms with Crippen LogP contribution in [0.25, 0.3) is 21.1 Å². The van der Waals surface area contributed by atoms with Gasteiger partial charge < -0.3 is 14.8 Å². The van der Waals surface area contributed by atoms with E-state index in [-0.39, 0.29) is 5.91 Å². The van der Waals surface area contributed by atoms with Gasteiger partial charge in [-0.05, 0) is 49.4 Å². The highest BCUT2D eigenvalue weighted by molar-refractivity contribution is 7.20. The van der Waals surface area contributed by atoms with Gasteiger partial charge in [0.2, 0.25) is 0 Å². The lowest BCUT2D eigenvalue weighted by Crippen LogP contribution is -2.11. The Morgan fingerprint density at radius 3 is 2.78 bits per heavy atom. The van der Waals surface area contributed by atoms with E-state index in [0.717, 1.165) is 26.9 Å².